The van der Waals surface area contributed by atoms with E-state index in [4.69, 9.17) is 4.74 Å². The summed E-state index contributed by atoms with van der Waals surface area (Å²) in [6.07, 6.45) is 0.285. The molecule has 1 aliphatic rings. The van der Waals surface area contributed by atoms with Gasteiger partial charge >= 0.3 is 0 Å². The van der Waals surface area contributed by atoms with E-state index in [1.165, 1.54) is 21.3 Å². The number of aryl methyl sites for hydroxylation is 2. The third-order valence-electron chi connectivity index (χ3n) is 3.31. The highest BCUT2D eigenvalue weighted by atomic mass is 79.9. The third-order valence-corrected chi connectivity index (χ3v) is 4.56. The predicted molar refractivity (Wildman–Crippen MR) is 79.3 cm³/mol. The monoisotopic (exact) mass is 312 g/mol. The second-order valence-corrected chi connectivity index (χ2v) is 5.85. The molecule has 1 unspecified atom stereocenters. The molecule has 1 aliphatic heterocycles. The van der Waals surface area contributed by atoms with Crippen LogP contribution in [0.2, 0.25) is 0 Å². The van der Waals surface area contributed by atoms with Gasteiger partial charge in [-0.1, -0.05) is 15.9 Å². The van der Waals surface area contributed by atoms with Crippen LogP contribution in [0.25, 0.3) is 0 Å². The zero-order chi connectivity index (χ0) is 13.1. The Kier molecular flexibility index (Phi) is 4.65. The van der Waals surface area contributed by atoms with Gasteiger partial charge in [-0.25, -0.2) is 0 Å². The maximum absolute atomic E-state index is 5.74. The topological polar surface area (TPSA) is 24.5 Å². The quantitative estimate of drug-likeness (QED) is 0.929. The van der Waals surface area contributed by atoms with Crippen molar-refractivity contribution in [2.24, 2.45) is 0 Å². The predicted octanol–water partition coefficient (Wildman–Crippen LogP) is 2.81. The zero-order valence-corrected chi connectivity index (χ0v) is 12.9. The molecule has 3 nitrogen and oxygen atoms in total. The first-order valence-corrected chi connectivity index (χ1v) is 7.16. The molecule has 18 heavy (non-hydrogen) atoms. The lowest BCUT2D eigenvalue weighted by Gasteiger charge is -2.30. The van der Waals surface area contributed by atoms with Gasteiger partial charge < -0.3 is 15.0 Å². The molecule has 0 aromatic heterocycles. The van der Waals surface area contributed by atoms with Crippen molar-refractivity contribution in [2.45, 2.75) is 20.0 Å². The molecule has 1 saturated heterocycles. The smallest absolute Gasteiger partial charge is 0.0874 e. The number of halogens is 1. The Morgan fingerprint density at radius 2 is 2.06 bits per heavy atom. The summed E-state index contributed by atoms with van der Waals surface area (Å²) >= 11 is 3.59. The van der Waals surface area contributed by atoms with E-state index in [0.29, 0.717) is 0 Å². The fourth-order valence-corrected chi connectivity index (χ4v) is 2.50. The van der Waals surface area contributed by atoms with Gasteiger partial charge in [-0.2, -0.15) is 0 Å². The number of benzene rings is 1. The van der Waals surface area contributed by atoms with Crippen LogP contribution in [0, 0.1) is 13.8 Å². The molecule has 2 rings (SSSR count). The summed E-state index contributed by atoms with van der Waals surface area (Å²) in [7, 11) is 2.14. The number of morpholine rings is 1. The summed E-state index contributed by atoms with van der Waals surface area (Å²) in [5.74, 6) is 0. The number of ether oxygens (including phenoxy) is 1. The van der Waals surface area contributed by atoms with E-state index in [2.05, 4.69) is 59.2 Å². The van der Waals surface area contributed by atoms with E-state index in [1.807, 2.05) is 0 Å². The molecule has 100 valence electrons. The van der Waals surface area contributed by atoms with E-state index >= 15 is 0 Å². The largest absolute Gasteiger partial charge is 0.382 e. The summed E-state index contributed by atoms with van der Waals surface area (Å²) in [6, 6.07) is 4.34. The highest BCUT2D eigenvalue weighted by molar-refractivity contribution is 9.10. The number of hydrogen-bond acceptors (Lipinski definition) is 3. The van der Waals surface area contributed by atoms with Crippen LogP contribution in [0.3, 0.4) is 0 Å². The molecule has 1 aromatic rings. The van der Waals surface area contributed by atoms with Crippen LogP contribution in [0.4, 0.5) is 5.69 Å². The molecule has 0 amide bonds. The Morgan fingerprint density at radius 3 is 2.67 bits per heavy atom. The Morgan fingerprint density at radius 1 is 1.39 bits per heavy atom. The van der Waals surface area contributed by atoms with Gasteiger partial charge in [-0.3, -0.25) is 0 Å². The van der Waals surface area contributed by atoms with Crippen LogP contribution >= 0.6 is 15.9 Å². The van der Waals surface area contributed by atoms with Gasteiger partial charge in [-0.15, -0.1) is 0 Å². The van der Waals surface area contributed by atoms with E-state index in [0.717, 1.165) is 26.2 Å². The molecule has 1 atom stereocenters. The Labute approximate surface area is 118 Å². The van der Waals surface area contributed by atoms with Crippen LogP contribution in [0.5, 0.6) is 0 Å². The summed E-state index contributed by atoms with van der Waals surface area (Å²) in [5, 5.41) is 3.47. The molecule has 0 saturated carbocycles. The summed E-state index contributed by atoms with van der Waals surface area (Å²) in [6.45, 7) is 7.97. The lowest BCUT2D eigenvalue weighted by molar-refractivity contribution is -0.0117. The van der Waals surface area contributed by atoms with Gasteiger partial charge in [-0.05, 0) is 44.2 Å². The van der Waals surface area contributed by atoms with Gasteiger partial charge in [0.2, 0.25) is 0 Å². The number of anilines is 1. The summed E-state index contributed by atoms with van der Waals surface area (Å²) in [4.78, 5) is 2.31. The van der Waals surface area contributed by atoms with E-state index < -0.39 is 0 Å². The average Bonchev–Trinajstić information content (AvgIpc) is 2.33. The van der Waals surface area contributed by atoms with Gasteiger partial charge in [0.15, 0.2) is 0 Å². The van der Waals surface area contributed by atoms with Crippen molar-refractivity contribution in [1.29, 1.82) is 0 Å². The highest BCUT2D eigenvalue weighted by Crippen LogP contribution is 2.25. The molecule has 1 N–H and O–H groups in total. The summed E-state index contributed by atoms with van der Waals surface area (Å²) < 4.78 is 6.94. The molecule has 4 heteroatoms. The molecular formula is C14H21BrN2O. The van der Waals surface area contributed by atoms with E-state index in [9.17, 15) is 0 Å². The van der Waals surface area contributed by atoms with Crippen molar-refractivity contribution < 1.29 is 4.74 Å². The fourth-order valence-electron chi connectivity index (χ4n) is 2.27. The Bertz CT molecular complexity index is 399. The normalized spacial score (nSPS) is 21.0. The Balaban J connectivity index is 1.94. The fraction of sp³-hybridized carbons (Fsp3) is 0.571. The van der Waals surface area contributed by atoms with Crippen molar-refractivity contribution in [3.63, 3.8) is 0 Å². The number of nitrogens with one attached hydrogen (secondary N) is 1. The Hall–Kier alpha value is -0.580. The minimum absolute atomic E-state index is 0.285. The van der Waals surface area contributed by atoms with Crippen molar-refractivity contribution in [3.05, 3.63) is 27.7 Å². The number of likely N-dealkylation sites (N-methyl/N-ethyl adjacent to an activating group) is 1. The van der Waals surface area contributed by atoms with Gasteiger partial charge in [0.05, 0.1) is 12.7 Å². The van der Waals surface area contributed by atoms with Crippen LogP contribution < -0.4 is 5.32 Å². The number of rotatable bonds is 3. The molecule has 1 fully saturated rings. The van der Waals surface area contributed by atoms with Crippen molar-refractivity contribution in [3.8, 4) is 0 Å². The zero-order valence-electron chi connectivity index (χ0n) is 11.3. The third kappa shape index (κ3) is 3.46. The van der Waals surface area contributed by atoms with Gasteiger partial charge in [0.25, 0.3) is 0 Å². The van der Waals surface area contributed by atoms with Crippen LogP contribution in [-0.2, 0) is 4.74 Å². The van der Waals surface area contributed by atoms with Crippen LogP contribution in [-0.4, -0.2) is 44.3 Å². The highest BCUT2D eigenvalue weighted by Gasteiger charge is 2.17. The van der Waals surface area contributed by atoms with E-state index in [1.54, 1.807) is 0 Å². The van der Waals surface area contributed by atoms with Crippen molar-refractivity contribution in [2.75, 3.05) is 38.6 Å². The maximum Gasteiger partial charge on any atom is 0.0874 e. The molecule has 0 spiro atoms. The minimum Gasteiger partial charge on any atom is -0.382 e. The van der Waals surface area contributed by atoms with Crippen molar-refractivity contribution >= 4 is 21.6 Å². The SMILES string of the molecule is Cc1cc(NCC2CN(C)CCO2)cc(C)c1Br. The van der Waals surface area contributed by atoms with Crippen LogP contribution in [0.1, 0.15) is 11.1 Å². The molecule has 1 heterocycles. The molecular weight excluding hydrogens is 292 g/mol. The standard InChI is InChI=1S/C14H21BrN2O/c1-10-6-12(7-11(2)14(10)15)16-8-13-9-17(3)4-5-18-13/h6-7,13,16H,4-5,8-9H2,1-3H3. The minimum atomic E-state index is 0.285. The lowest BCUT2D eigenvalue weighted by Crippen LogP contribution is -2.43. The molecule has 0 radical (unpaired) electrons. The van der Waals surface area contributed by atoms with Gasteiger partial charge in [0.1, 0.15) is 0 Å². The summed E-state index contributed by atoms with van der Waals surface area (Å²) in [5.41, 5.74) is 3.70. The van der Waals surface area contributed by atoms with Crippen molar-refractivity contribution in [1.82, 2.24) is 4.90 Å². The van der Waals surface area contributed by atoms with E-state index in [-0.39, 0.29) is 6.10 Å². The first-order chi connectivity index (χ1) is 8.56. The number of nitrogens with zero attached hydrogens (tertiary/aromatic N) is 1. The van der Waals surface area contributed by atoms with Gasteiger partial charge in [0, 0.05) is 29.8 Å². The molecule has 1 aromatic carbocycles. The first-order valence-electron chi connectivity index (χ1n) is 6.37. The molecule has 0 bridgehead atoms. The second-order valence-electron chi connectivity index (χ2n) is 5.06. The van der Waals surface area contributed by atoms with Crippen LogP contribution in [0.15, 0.2) is 16.6 Å². The average molecular weight is 313 g/mol. The molecule has 0 aliphatic carbocycles. The lowest BCUT2D eigenvalue weighted by atomic mass is 10.1. The first kappa shape index (κ1) is 13.8. The number of hydrogen-bond donors (Lipinski definition) is 1. The second kappa shape index (κ2) is 6.04. The maximum atomic E-state index is 5.74.